The van der Waals surface area contributed by atoms with Crippen molar-refractivity contribution in [3.05, 3.63) is 58.7 Å². The van der Waals surface area contributed by atoms with Crippen LogP contribution < -0.4 is 10.1 Å². The highest BCUT2D eigenvalue weighted by Gasteiger charge is 2.24. The van der Waals surface area contributed by atoms with Gasteiger partial charge in [0.15, 0.2) is 23.0 Å². The van der Waals surface area contributed by atoms with E-state index in [0.717, 1.165) is 26.8 Å². The topological polar surface area (TPSA) is 77.2 Å². The van der Waals surface area contributed by atoms with E-state index < -0.39 is 0 Å². The van der Waals surface area contributed by atoms with E-state index in [0.29, 0.717) is 17.5 Å². The first-order valence-electron chi connectivity index (χ1n) is 7.80. The molecule has 0 saturated carbocycles. The molecule has 0 fully saturated rings. The molecule has 0 atom stereocenters. The Kier molecular flexibility index (Phi) is 3.58. The highest BCUT2D eigenvalue weighted by atomic mass is 32.1. The molecule has 8 heteroatoms. The first-order chi connectivity index (χ1) is 12.8. The van der Waals surface area contributed by atoms with Gasteiger partial charge >= 0.3 is 0 Å². The first-order valence-corrected chi connectivity index (χ1v) is 9.50. The zero-order valence-corrected chi connectivity index (χ0v) is 14.9. The van der Waals surface area contributed by atoms with Crippen molar-refractivity contribution in [1.29, 1.82) is 0 Å². The van der Waals surface area contributed by atoms with E-state index in [1.54, 1.807) is 0 Å². The zero-order chi connectivity index (χ0) is 17.5. The Labute approximate surface area is 156 Å². The molecular formula is C18H11N3O3S2. The second kappa shape index (κ2) is 6.08. The fourth-order valence-corrected chi connectivity index (χ4v) is 4.39. The van der Waals surface area contributed by atoms with E-state index in [1.807, 2.05) is 41.8 Å². The van der Waals surface area contributed by atoms with Gasteiger partial charge in [-0.2, -0.15) is 0 Å². The fraction of sp³-hybridized carbons (Fsp3) is 0.0556. The Morgan fingerprint density at radius 3 is 3.00 bits per heavy atom. The summed E-state index contributed by atoms with van der Waals surface area (Å²) in [6.45, 7) is 0.449. The molecule has 1 N–H and O–H groups in total. The number of amides is 1. The number of nitrogens with one attached hydrogen (secondary N) is 1. The second-order valence-electron chi connectivity index (χ2n) is 5.54. The van der Waals surface area contributed by atoms with E-state index in [2.05, 4.69) is 15.3 Å². The predicted octanol–water partition coefficient (Wildman–Crippen LogP) is 4.67. The first kappa shape index (κ1) is 15.3. The number of nitrogens with zero attached hydrogens (tertiary/aromatic N) is 2. The van der Waals surface area contributed by atoms with Crippen LogP contribution in [-0.2, 0) is 6.61 Å². The Balaban J connectivity index is 1.45. The third-order valence-electron chi connectivity index (χ3n) is 3.95. The lowest BCUT2D eigenvalue weighted by Crippen LogP contribution is -2.13. The minimum Gasteiger partial charge on any atom is -0.487 e. The summed E-state index contributed by atoms with van der Waals surface area (Å²) in [5.41, 5.74) is 2.04. The smallest absolute Gasteiger partial charge is 0.280 e. The van der Waals surface area contributed by atoms with Crippen molar-refractivity contribution in [3.63, 3.8) is 0 Å². The average molecular weight is 381 g/mol. The van der Waals surface area contributed by atoms with Gasteiger partial charge in [0.25, 0.3) is 5.91 Å². The minimum absolute atomic E-state index is 0.247. The quantitative estimate of drug-likeness (QED) is 0.558. The van der Waals surface area contributed by atoms with Gasteiger partial charge in [0.1, 0.15) is 12.4 Å². The largest absolute Gasteiger partial charge is 0.487 e. The Morgan fingerprint density at radius 1 is 1.19 bits per heavy atom. The molecule has 0 aliphatic carbocycles. The maximum Gasteiger partial charge on any atom is 0.280 e. The fourth-order valence-electron chi connectivity index (χ4n) is 2.79. The number of aromatic nitrogens is 2. The molecule has 1 aromatic carbocycles. The van der Waals surface area contributed by atoms with Crippen molar-refractivity contribution < 1.29 is 13.9 Å². The molecule has 6 nitrogen and oxygen atoms in total. The van der Waals surface area contributed by atoms with E-state index >= 15 is 0 Å². The van der Waals surface area contributed by atoms with Crippen LogP contribution in [0.5, 0.6) is 5.75 Å². The molecule has 5 rings (SSSR count). The monoisotopic (exact) mass is 381 g/mol. The van der Waals surface area contributed by atoms with Crippen LogP contribution in [0.2, 0.25) is 0 Å². The molecular weight excluding hydrogens is 370 g/mol. The van der Waals surface area contributed by atoms with Gasteiger partial charge in [-0.15, -0.1) is 11.3 Å². The molecule has 26 heavy (non-hydrogen) atoms. The van der Waals surface area contributed by atoms with Gasteiger partial charge in [-0.05, 0) is 23.6 Å². The number of rotatable bonds is 3. The number of carbonyl (C=O) groups excluding carboxylic acids is 1. The molecule has 0 saturated heterocycles. The molecule has 128 valence electrons. The Bertz CT molecular complexity index is 1100. The Morgan fingerprint density at radius 2 is 2.12 bits per heavy atom. The number of hydrogen-bond acceptors (Lipinski definition) is 7. The molecule has 1 aliphatic heterocycles. The second-order valence-corrected chi connectivity index (χ2v) is 7.57. The molecule has 1 aliphatic rings. The van der Waals surface area contributed by atoms with Crippen molar-refractivity contribution in [3.8, 4) is 27.6 Å². The summed E-state index contributed by atoms with van der Waals surface area (Å²) in [6, 6.07) is 11.5. The van der Waals surface area contributed by atoms with Crippen LogP contribution in [0.4, 0.5) is 5.13 Å². The summed E-state index contributed by atoms with van der Waals surface area (Å²) in [5.74, 6) is 0.926. The van der Waals surface area contributed by atoms with Crippen molar-refractivity contribution in [2.75, 3.05) is 5.32 Å². The van der Waals surface area contributed by atoms with Gasteiger partial charge in [-0.1, -0.05) is 29.5 Å². The van der Waals surface area contributed by atoms with Crippen LogP contribution in [0.15, 0.2) is 52.6 Å². The average Bonchev–Trinajstić information content (AvgIpc) is 3.40. The summed E-state index contributed by atoms with van der Waals surface area (Å²) in [5, 5.41) is 5.27. The standard InChI is InChI=1S/C18H11N3O3S2/c22-17(15-16(24-9-19-15)12-6-3-7-25-12)21-18-20-14-10-4-1-2-5-11(10)23-8-13(14)26-18/h1-7,9H,8H2,(H,20,21,22). The van der Waals surface area contributed by atoms with Gasteiger partial charge < -0.3 is 9.15 Å². The van der Waals surface area contributed by atoms with Crippen LogP contribution in [0.25, 0.3) is 21.9 Å². The normalized spacial score (nSPS) is 12.2. The number of benzene rings is 1. The van der Waals surface area contributed by atoms with Gasteiger partial charge in [-0.3, -0.25) is 10.1 Å². The third kappa shape index (κ3) is 2.51. The summed E-state index contributed by atoms with van der Waals surface area (Å²) < 4.78 is 11.1. The molecule has 0 spiro atoms. The molecule has 0 unspecified atom stereocenters. The van der Waals surface area contributed by atoms with E-state index in [4.69, 9.17) is 9.15 Å². The molecule has 4 heterocycles. The summed E-state index contributed by atoms with van der Waals surface area (Å²) in [4.78, 5) is 23.1. The predicted molar refractivity (Wildman–Crippen MR) is 99.7 cm³/mol. The van der Waals surface area contributed by atoms with Crippen LogP contribution in [0, 0.1) is 0 Å². The van der Waals surface area contributed by atoms with E-state index in [1.165, 1.54) is 29.1 Å². The number of oxazole rings is 1. The number of hydrogen-bond donors (Lipinski definition) is 1. The number of thiophene rings is 1. The van der Waals surface area contributed by atoms with Gasteiger partial charge in [0, 0.05) is 5.56 Å². The lowest BCUT2D eigenvalue weighted by molar-refractivity contribution is 0.102. The van der Waals surface area contributed by atoms with Gasteiger partial charge in [0.05, 0.1) is 15.4 Å². The van der Waals surface area contributed by atoms with Crippen LogP contribution in [0.3, 0.4) is 0 Å². The van der Waals surface area contributed by atoms with Gasteiger partial charge in [-0.25, -0.2) is 9.97 Å². The number of para-hydroxylation sites is 1. The van der Waals surface area contributed by atoms with Crippen molar-refractivity contribution >= 4 is 33.7 Å². The molecule has 0 bridgehead atoms. The van der Waals surface area contributed by atoms with Crippen LogP contribution in [0.1, 0.15) is 15.4 Å². The van der Waals surface area contributed by atoms with Crippen molar-refractivity contribution in [2.24, 2.45) is 0 Å². The lowest BCUT2D eigenvalue weighted by atomic mass is 10.1. The third-order valence-corrected chi connectivity index (χ3v) is 5.76. The number of ether oxygens (including phenoxy) is 1. The highest BCUT2D eigenvalue weighted by Crippen LogP contribution is 2.40. The van der Waals surface area contributed by atoms with Crippen molar-refractivity contribution in [1.82, 2.24) is 9.97 Å². The summed E-state index contributed by atoms with van der Waals surface area (Å²) in [7, 11) is 0. The van der Waals surface area contributed by atoms with Crippen LogP contribution in [-0.4, -0.2) is 15.9 Å². The maximum atomic E-state index is 12.7. The highest BCUT2D eigenvalue weighted by molar-refractivity contribution is 7.16. The van der Waals surface area contributed by atoms with E-state index in [-0.39, 0.29) is 11.6 Å². The zero-order valence-electron chi connectivity index (χ0n) is 13.3. The van der Waals surface area contributed by atoms with Crippen molar-refractivity contribution in [2.45, 2.75) is 6.61 Å². The number of fused-ring (bicyclic) bond motifs is 3. The number of thiazole rings is 1. The number of anilines is 1. The van der Waals surface area contributed by atoms with E-state index in [9.17, 15) is 4.79 Å². The SMILES string of the molecule is O=C(Nc1nc2c(s1)COc1ccccc1-2)c1ncoc1-c1cccs1. The maximum absolute atomic E-state index is 12.7. The van der Waals surface area contributed by atoms with Gasteiger partial charge in [0.2, 0.25) is 0 Å². The summed E-state index contributed by atoms with van der Waals surface area (Å²) in [6.07, 6.45) is 1.28. The summed E-state index contributed by atoms with van der Waals surface area (Å²) >= 11 is 2.89. The molecule has 1 amide bonds. The molecule has 3 aromatic heterocycles. The Hall–Kier alpha value is -2.97. The minimum atomic E-state index is -0.345. The molecule has 4 aromatic rings. The van der Waals surface area contributed by atoms with Crippen LogP contribution >= 0.6 is 22.7 Å². The lowest BCUT2D eigenvalue weighted by Gasteiger charge is -2.15. The molecule has 0 radical (unpaired) electrons. The number of carbonyl (C=O) groups is 1.